The average molecular weight is 381 g/mol. The molecule has 1 amide bonds. The van der Waals surface area contributed by atoms with Crippen LogP contribution in [0.15, 0.2) is 54.6 Å². The lowest BCUT2D eigenvalue weighted by Crippen LogP contribution is -2.49. The van der Waals surface area contributed by atoms with Crippen molar-refractivity contribution in [1.29, 1.82) is 0 Å². The number of carbonyl (C=O) groups is 2. The van der Waals surface area contributed by atoms with Gasteiger partial charge in [0, 0.05) is 23.4 Å². The summed E-state index contributed by atoms with van der Waals surface area (Å²) in [6, 6.07) is 12.8. The summed E-state index contributed by atoms with van der Waals surface area (Å²) in [7, 11) is 0.755. The Balaban J connectivity index is 2.40. The molecule has 27 heavy (non-hydrogen) atoms. The van der Waals surface area contributed by atoms with Crippen molar-refractivity contribution >= 4 is 17.6 Å². The van der Waals surface area contributed by atoms with Crippen LogP contribution >= 0.6 is 0 Å². The number of hydrogen-bond donors (Lipinski definition) is 1. The maximum absolute atomic E-state index is 13.3. The number of benzene rings is 2. The van der Waals surface area contributed by atoms with Gasteiger partial charge < -0.3 is 14.7 Å². The molecular weight excluding hydrogens is 363 g/mol. The van der Waals surface area contributed by atoms with Gasteiger partial charge in [-0.2, -0.15) is 13.2 Å². The highest BCUT2D eigenvalue weighted by Crippen LogP contribution is 2.40. The highest BCUT2D eigenvalue weighted by atomic mass is 19.4. The highest BCUT2D eigenvalue weighted by molar-refractivity contribution is 6.06. The first-order valence-electron chi connectivity index (χ1n) is 8.01. The van der Waals surface area contributed by atoms with Crippen LogP contribution in [0.2, 0.25) is 0 Å². The van der Waals surface area contributed by atoms with Crippen molar-refractivity contribution in [3.8, 4) is 0 Å². The van der Waals surface area contributed by atoms with Crippen LogP contribution in [0.4, 0.5) is 18.9 Å². The Labute approximate surface area is 154 Å². The number of halogens is 3. The van der Waals surface area contributed by atoms with E-state index < -0.39 is 23.3 Å². The molecule has 0 fully saturated rings. The van der Waals surface area contributed by atoms with Crippen molar-refractivity contribution in [2.75, 3.05) is 18.6 Å². The first kappa shape index (κ1) is 20.4. The van der Waals surface area contributed by atoms with Crippen molar-refractivity contribution in [3.63, 3.8) is 0 Å². The van der Waals surface area contributed by atoms with E-state index in [1.165, 1.54) is 17.0 Å². The Morgan fingerprint density at radius 3 is 2.04 bits per heavy atom. The quantitative estimate of drug-likeness (QED) is 0.808. The predicted molar refractivity (Wildman–Crippen MR) is 92.2 cm³/mol. The molecule has 2 aromatic rings. The molecule has 0 aliphatic rings. The molecule has 0 spiro atoms. The van der Waals surface area contributed by atoms with Gasteiger partial charge in [0.05, 0.1) is 7.11 Å². The third-order valence-electron chi connectivity index (χ3n) is 4.07. The number of methoxy groups -OCH3 is 1. The molecule has 0 aliphatic heterocycles. The second-order valence-corrected chi connectivity index (χ2v) is 5.66. The minimum Gasteiger partial charge on any atom is -0.466 e. The monoisotopic (exact) mass is 381 g/mol. The Morgan fingerprint density at radius 1 is 1.04 bits per heavy atom. The molecule has 8 heteroatoms. The van der Waals surface area contributed by atoms with E-state index in [-0.39, 0.29) is 12.5 Å². The average Bonchev–Trinajstić information content (AvgIpc) is 2.67. The second-order valence-electron chi connectivity index (χ2n) is 5.66. The van der Waals surface area contributed by atoms with E-state index in [1.54, 1.807) is 37.3 Å². The molecule has 0 aliphatic carbocycles. The number of amides is 1. The zero-order valence-electron chi connectivity index (χ0n) is 14.7. The maximum Gasteiger partial charge on any atom is 0.432 e. The van der Waals surface area contributed by atoms with Crippen LogP contribution in [0.5, 0.6) is 0 Å². The fourth-order valence-electron chi connectivity index (χ4n) is 2.61. The Morgan fingerprint density at radius 2 is 1.59 bits per heavy atom. The van der Waals surface area contributed by atoms with Gasteiger partial charge in [0.15, 0.2) is 0 Å². The number of rotatable bonds is 5. The van der Waals surface area contributed by atoms with Crippen molar-refractivity contribution in [3.05, 3.63) is 65.7 Å². The fraction of sp³-hybridized carbons (Fsp3) is 0.263. The fourth-order valence-corrected chi connectivity index (χ4v) is 2.61. The molecule has 0 aromatic heterocycles. The van der Waals surface area contributed by atoms with Gasteiger partial charge in [-0.25, -0.2) is 4.79 Å². The number of esters is 1. The van der Waals surface area contributed by atoms with Gasteiger partial charge in [0.1, 0.15) is 0 Å². The summed E-state index contributed by atoms with van der Waals surface area (Å²) in [6.45, 7) is 1.99. The summed E-state index contributed by atoms with van der Waals surface area (Å²) >= 11 is 0. The van der Waals surface area contributed by atoms with Crippen molar-refractivity contribution in [2.24, 2.45) is 0 Å². The van der Waals surface area contributed by atoms with E-state index in [2.05, 4.69) is 4.74 Å². The molecule has 1 N–H and O–H groups in total. The highest BCUT2D eigenvalue weighted by Gasteiger charge is 2.62. The third kappa shape index (κ3) is 3.80. The molecular formula is C19H18F3NO4. The molecule has 1 atom stereocenters. The molecule has 144 valence electrons. The first-order chi connectivity index (χ1) is 12.7. The minimum absolute atomic E-state index is 0.271. The summed E-state index contributed by atoms with van der Waals surface area (Å²) in [5.41, 5.74) is -3.75. The summed E-state index contributed by atoms with van der Waals surface area (Å²) < 4.78 is 44.0. The molecule has 0 bridgehead atoms. The van der Waals surface area contributed by atoms with E-state index in [9.17, 15) is 27.9 Å². The Kier molecular flexibility index (Phi) is 5.90. The third-order valence-corrected chi connectivity index (χ3v) is 4.07. The van der Waals surface area contributed by atoms with Gasteiger partial charge in [-0.3, -0.25) is 4.79 Å². The molecule has 2 rings (SSSR count). The number of aliphatic hydroxyl groups is 1. The van der Waals surface area contributed by atoms with Gasteiger partial charge in [0.2, 0.25) is 0 Å². The standard InChI is InChI=1S/C19H18F3NO4/c1-3-23(16(24)13-7-5-4-6-8-13)15-11-9-14(10-12-15)18(26,17(25)27-2)19(20,21)22/h4-12,26H,3H2,1-2H3. The van der Waals surface area contributed by atoms with Crippen LogP contribution < -0.4 is 4.90 Å². The van der Waals surface area contributed by atoms with E-state index in [0.717, 1.165) is 19.2 Å². The summed E-state index contributed by atoms with van der Waals surface area (Å²) in [5, 5.41) is 9.98. The minimum atomic E-state index is -5.27. The number of alkyl halides is 3. The van der Waals surface area contributed by atoms with Crippen LogP contribution in [-0.2, 0) is 15.1 Å². The molecule has 0 saturated heterocycles. The maximum atomic E-state index is 13.3. The van der Waals surface area contributed by atoms with Crippen LogP contribution in [0.1, 0.15) is 22.8 Å². The van der Waals surface area contributed by atoms with Crippen molar-refractivity contribution in [2.45, 2.75) is 18.7 Å². The molecule has 0 heterocycles. The molecule has 0 radical (unpaired) electrons. The van der Waals surface area contributed by atoms with Crippen LogP contribution in [-0.4, -0.2) is 36.8 Å². The summed E-state index contributed by atoms with van der Waals surface area (Å²) in [6.07, 6.45) is -5.27. The molecule has 2 aromatic carbocycles. The topological polar surface area (TPSA) is 66.8 Å². The predicted octanol–water partition coefficient (Wildman–Crippen LogP) is 3.28. The zero-order valence-corrected chi connectivity index (χ0v) is 14.7. The zero-order chi connectivity index (χ0) is 20.2. The van der Waals surface area contributed by atoms with Gasteiger partial charge in [-0.05, 0) is 31.2 Å². The van der Waals surface area contributed by atoms with Crippen LogP contribution in [0, 0.1) is 0 Å². The largest absolute Gasteiger partial charge is 0.466 e. The summed E-state index contributed by atoms with van der Waals surface area (Å²) in [4.78, 5) is 25.6. The van der Waals surface area contributed by atoms with Gasteiger partial charge >= 0.3 is 12.1 Å². The first-order valence-corrected chi connectivity index (χ1v) is 8.01. The molecule has 5 nitrogen and oxygen atoms in total. The lowest BCUT2D eigenvalue weighted by molar-refractivity contribution is -0.266. The van der Waals surface area contributed by atoms with Crippen LogP contribution in [0.25, 0.3) is 0 Å². The number of carbonyl (C=O) groups excluding carboxylic acids is 2. The van der Waals surface area contributed by atoms with E-state index in [1.807, 2.05) is 0 Å². The smallest absolute Gasteiger partial charge is 0.432 e. The second kappa shape index (κ2) is 7.79. The number of anilines is 1. The van der Waals surface area contributed by atoms with Gasteiger partial charge in [0.25, 0.3) is 11.5 Å². The van der Waals surface area contributed by atoms with Gasteiger partial charge in [-0.1, -0.05) is 30.3 Å². The van der Waals surface area contributed by atoms with E-state index >= 15 is 0 Å². The summed E-state index contributed by atoms with van der Waals surface area (Å²) in [5.74, 6) is -2.17. The van der Waals surface area contributed by atoms with Crippen molar-refractivity contribution in [1.82, 2.24) is 0 Å². The Hall–Kier alpha value is -2.87. The SMILES string of the molecule is CCN(C(=O)c1ccccc1)c1ccc(C(O)(C(=O)OC)C(F)(F)F)cc1. The number of hydrogen-bond acceptors (Lipinski definition) is 4. The Bertz CT molecular complexity index is 806. The lowest BCUT2D eigenvalue weighted by atomic mass is 9.93. The normalized spacial score (nSPS) is 13.6. The molecule has 1 unspecified atom stereocenters. The van der Waals surface area contributed by atoms with Crippen LogP contribution in [0.3, 0.4) is 0 Å². The van der Waals surface area contributed by atoms with E-state index in [4.69, 9.17) is 0 Å². The molecule has 0 saturated carbocycles. The number of ether oxygens (including phenoxy) is 1. The lowest BCUT2D eigenvalue weighted by Gasteiger charge is -2.28. The number of nitrogens with zero attached hydrogens (tertiary/aromatic N) is 1. The van der Waals surface area contributed by atoms with Crippen molar-refractivity contribution < 1.29 is 32.6 Å². The van der Waals surface area contributed by atoms with Gasteiger partial charge in [-0.15, -0.1) is 0 Å². The van der Waals surface area contributed by atoms with E-state index in [0.29, 0.717) is 11.3 Å².